The Morgan fingerprint density at radius 1 is 0.383 bits per heavy atom. The number of amides is 3. The van der Waals surface area contributed by atoms with Crippen LogP contribution in [0.15, 0.2) is 107 Å². The summed E-state index contributed by atoms with van der Waals surface area (Å²) in [5, 5.41) is 27.7. The van der Waals surface area contributed by atoms with Gasteiger partial charge in [-0.25, -0.2) is 45.7 Å². The van der Waals surface area contributed by atoms with E-state index in [9.17, 15) is 70.9 Å². The van der Waals surface area contributed by atoms with E-state index in [-0.39, 0.29) is 205 Å². The van der Waals surface area contributed by atoms with Crippen LogP contribution in [-0.2, 0) is 14.4 Å². The molecule has 3 amide bonds. The summed E-state index contributed by atoms with van der Waals surface area (Å²) in [6.45, 7) is 40.0. The van der Waals surface area contributed by atoms with E-state index in [0.717, 1.165) is 0 Å². The minimum absolute atomic E-state index is 0.0116. The summed E-state index contributed by atoms with van der Waals surface area (Å²) in [4.78, 5) is 120. The first-order valence-corrected chi connectivity index (χ1v) is 46.9. The summed E-state index contributed by atoms with van der Waals surface area (Å²) < 4.78 is 109. The Balaban J connectivity index is 0.000000178. The summed E-state index contributed by atoms with van der Waals surface area (Å²) in [6, 6.07) is 13.6. The monoisotopic (exact) mass is 2080 g/mol. The number of halogens is 15. The van der Waals surface area contributed by atoms with Crippen molar-refractivity contribution in [1.29, 1.82) is 15.8 Å². The number of carbonyl (C=O) groups is 3. The zero-order chi connectivity index (χ0) is 104. The molecule has 6 atom stereocenters. The lowest BCUT2D eigenvalue weighted by Crippen LogP contribution is -2.58. The van der Waals surface area contributed by atoms with Crippen LogP contribution in [0, 0.1) is 95.5 Å². The third kappa shape index (κ3) is 18.3. The van der Waals surface area contributed by atoms with E-state index in [0.29, 0.717) is 61.6 Å². The Bertz CT molecular complexity index is 6860. The summed E-state index contributed by atoms with van der Waals surface area (Å²) in [5.74, 6) is -11.0. The maximum Gasteiger partial charge on any atom is 0.276 e. The molecule has 12 heterocycles. The third-order valence-corrected chi connectivity index (χ3v) is 27.5. The molecule has 6 N–H and O–H groups in total. The minimum Gasteiger partial charge on any atom is -0.396 e. The maximum absolute atomic E-state index is 15.4. The number of nitrogens with two attached hydrogens (primary N) is 3. The van der Waals surface area contributed by atoms with Gasteiger partial charge >= 0.3 is 0 Å². The van der Waals surface area contributed by atoms with Crippen molar-refractivity contribution < 1.29 is 45.1 Å². The fourth-order valence-corrected chi connectivity index (χ4v) is 20.9. The number of aryl methyl sites for hydroxylation is 3. The number of nitrogen functional groups attached to an aromatic ring is 3. The van der Waals surface area contributed by atoms with Gasteiger partial charge in [0.05, 0.1) is 116 Å². The van der Waals surface area contributed by atoms with Crippen LogP contribution in [0.4, 0.5) is 64.9 Å². The van der Waals surface area contributed by atoms with E-state index in [4.69, 9.17) is 120 Å². The number of nitriles is 3. The molecular formula is C99H90Cl8F7N21O6. The number of piperazine rings is 3. The van der Waals surface area contributed by atoms with Gasteiger partial charge in [-0.15, -0.1) is 0 Å². The topological polar surface area (TPSA) is 363 Å². The molecule has 3 fully saturated rings. The van der Waals surface area contributed by atoms with Crippen LogP contribution in [0.2, 0.25) is 40.2 Å². The number of anilines is 6. The molecule has 732 valence electrons. The van der Waals surface area contributed by atoms with E-state index in [1.165, 1.54) is 50.1 Å². The van der Waals surface area contributed by atoms with Crippen molar-refractivity contribution in [2.75, 3.05) is 71.2 Å². The zero-order valence-corrected chi connectivity index (χ0v) is 84.4. The molecule has 3 saturated heterocycles. The quantitative estimate of drug-likeness (QED) is 0.0282. The van der Waals surface area contributed by atoms with Crippen LogP contribution in [0.3, 0.4) is 0 Å². The van der Waals surface area contributed by atoms with Crippen LogP contribution in [0.1, 0.15) is 151 Å². The fraction of sp³-hybridized carbons (Fsp3) is 0.303. The molecule has 0 aliphatic carbocycles. The second kappa shape index (κ2) is 41.2. The Kier molecular flexibility index (Phi) is 30.8. The highest BCUT2D eigenvalue weighted by molar-refractivity contribution is 6.41. The molecule has 15 rings (SSSR count). The van der Waals surface area contributed by atoms with Crippen molar-refractivity contribution in [3.8, 4) is 69.0 Å². The van der Waals surface area contributed by atoms with Gasteiger partial charge in [-0.05, 0) is 151 Å². The average Bonchev–Trinajstić information content (AvgIpc) is 0.725. The molecule has 42 heteroatoms. The van der Waals surface area contributed by atoms with E-state index in [2.05, 4.69) is 57.9 Å². The van der Waals surface area contributed by atoms with Crippen molar-refractivity contribution >= 4 is 178 Å². The Hall–Kier alpha value is -13.1. The Labute approximate surface area is 844 Å². The van der Waals surface area contributed by atoms with Crippen LogP contribution < -0.4 is 48.6 Å². The summed E-state index contributed by atoms with van der Waals surface area (Å²) in [5.41, 5.74) is 16.0. The maximum atomic E-state index is 15.4. The van der Waals surface area contributed by atoms with E-state index in [1.54, 1.807) is 77.2 Å². The van der Waals surface area contributed by atoms with E-state index in [1.807, 2.05) is 92.9 Å². The lowest BCUT2D eigenvalue weighted by Gasteiger charge is -2.45. The number of pyridine rings is 9. The van der Waals surface area contributed by atoms with Crippen LogP contribution in [0.25, 0.3) is 83.9 Å². The molecule has 0 bridgehead atoms. The number of benzene rings is 3. The summed E-state index contributed by atoms with van der Waals surface area (Å²) >= 11 is 50.2. The van der Waals surface area contributed by atoms with Crippen LogP contribution in [-0.4, -0.2) is 152 Å². The number of nitrogens with zero attached hydrogens (tertiary/aromatic N) is 18. The molecule has 12 aromatic rings. The predicted octanol–water partition coefficient (Wildman–Crippen LogP) is 21.0. The van der Waals surface area contributed by atoms with Gasteiger partial charge < -0.3 is 46.6 Å². The zero-order valence-electron chi connectivity index (χ0n) is 78.4. The summed E-state index contributed by atoms with van der Waals surface area (Å²) in [7, 11) is 0. The lowest BCUT2D eigenvalue weighted by molar-refractivity contribution is -0.131. The molecule has 0 unspecified atom stereocenters. The Morgan fingerprint density at radius 3 is 0.851 bits per heavy atom. The highest BCUT2D eigenvalue weighted by Gasteiger charge is 2.42. The molecule has 0 spiro atoms. The average molecular weight is 2090 g/mol. The molecule has 3 aliphatic heterocycles. The molecule has 0 saturated carbocycles. The molecule has 141 heavy (non-hydrogen) atoms. The second-order valence-electron chi connectivity index (χ2n) is 35.3. The largest absolute Gasteiger partial charge is 0.396 e. The first-order valence-electron chi connectivity index (χ1n) is 43.9. The van der Waals surface area contributed by atoms with Gasteiger partial charge in [0.1, 0.15) is 66.9 Å². The molecule has 9 aromatic heterocycles. The third-order valence-electron chi connectivity index (χ3n) is 25.0. The van der Waals surface area contributed by atoms with Crippen molar-refractivity contribution in [3.05, 3.63) is 255 Å². The SMILES string of the molecule is C=CC(=O)N1[C@H](C)CN(c2c(C#N)c(=O)n(-c3c(C)ccnc3C(C)C)c3nc(-c4c(N)c(F)c(Cl)c(F)c4Cl)c(Cl)cc23)C[C@@H]1C.C=CC(=O)N1[C@H](C)CN(c2c(C#N)c(=O)n(-c3c(C)ccnc3C(C)C)c3nc(-c4c(N)c(F)c(Cl)c(F)c4Cl)c(Cl)cc23)C[C@@H]1C.C=CC(=O)N1[C@H](C)CN(c2c(C#N)c(=O)n(-c3c(C)ccnc3C(C)C)c3nc(-c4c(N)c(F)c(Cl)c(F)c4F)c(Cl)cc23)C[C@@H]1C. The molecule has 27 nitrogen and oxygen atoms in total. The number of carbonyl (C=O) groups excluding carboxylic acids is 3. The van der Waals surface area contributed by atoms with Gasteiger partial charge in [0, 0.05) is 121 Å². The first-order chi connectivity index (χ1) is 66.5. The van der Waals surface area contributed by atoms with E-state index >= 15 is 4.39 Å². The molecule has 3 aliphatic rings. The fourth-order valence-electron chi connectivity index (χ4n) is 18.9. The van der Waals surface area contributed by atoms with E-state index < -0.39 is 111 Å². The summed E-state index contributed by atoms with van der Waals surface area (Å²) in [6.07, 6.45) is 8.52. The Morgan fingerprint density at radius 2 is 0.617 bits per heavy atom. The van der Waals surface area contributed by atoms with Crippen LogP contribution in [0.5, 0.6) is 0 Å². The van der Waals surface area contributed by atoms with Gasteiger partial charge in [-0.1, -0.05) is 154 Å². The number of fused-ring (bicyclic) bond motifs is 3. The standard InChI is InChI=1S/2C33H30Cl3F2N7O2.C33H30Cl2F3N7O2/c2*1-7-21(46)44-16(5)12-43(13-17(44)6)31-18-10-20(34)29(22-23(35)25(37)24(36)26(38)27(22)40)42-32(18)45(33(47)19(31)11-39)30-15(4)8-9-41-28(30)14(2)3;1-7-21(46)44-16(5)12-43(13-17(44)6)31-18-10-20(34)29(22-24(36)25(37)23(35)26(38)27(22)40)42-32(18)45(33(47)19(31)11-39)30-15(4)8-9-41-28(30)14(2)3/h3*7-10,14,16-17H,1,12-13,40H2,2-6H3/t3*16-,17+. The van der Waals surface area contributed by atoms with Crippen molar-refractivity contribution in [2.24, 2.45) is 0 Å². The van der Waals surface area contributed by atoms with Crippen molar-refractivity contribution in [3.63, 3.8) is 0 Å². The number of hydrogen-bond donors (Lipinski definition) is 3. The predicted molar refractivity (Wildman–Crippen MR) is 540 cm³/mol. The van der Waals surface area contributed by atoms with Crippen molar-refractivity contribution in [1.82, 2.24) is 58.3 Å². The number of hydrogen-bond acceptors (Lipinski definition) is 21. The smallest absolute Gasteiger partial charge is 0.276 e. The van der Waals surface area contributed by atoms with Crippen LogP contribution >= 0.6 is 92.8 Å². The van der Waals surface area contributed by atoms with Gasteiger partial charge in [-0.3, -0.25) is 57.4 Å². The molecule has 0 radical (unpaired) electrons. The molecule has 3 aromatic carbocycles. The minimum atomic E-state index is -1.69. The number of rotatable bonds is 15. The van der Waals surface area contributed by atoms with Gasteiger partial charge in [0.25, 0.3) is 16.7 Å². The van der Waals surface area contributed by atoms with Gasteiger partial charge in [-0.2, -0.15) is 15.8 Å². The molecular weight excluding hydrogens is 2000 g/mol. The normalized spacial score (nSPS) is 16.6. The van der Waals surface area contributed by atoms with Gasteiger partial charge in [0.2, 0.25) is 17.7 Å². The second-order valence-corrected chi connectivity index (χ2v) is 38.5. The lowest BCUT2D eigenvalue weighted by atomic mass is 10.0. The highest BCUT2D eigenvalue weighted by Crippen LogP contribution is 2.50. The highest BCUT2D eigenvalue weighted by atomic mass is 35.5. The first kappa shape index (κ1) is 105. The van der Waals surface area contributed by atoms with Gasteiger partial charge in [0.15, 0.2) is 40.7 Å². The number of aromatic nitrogens is 9. The van der Waals surface area contributed by atoms with Crippen molar-refractivity contribution in [2.45, 2.75) is 158 Å².